The van der Waals surface area contributed by atoms with Gasteiger partial charge in [-0.25, -0.2) is 9.97 Å². The number of hydrogen-bond acceptors (Lipinski definition) is 4. The van der Waals surface area contributed by atoms with Gasteiger partial charge in [-0.3, -0.25) is 0 Å². The number of hydrogen-bond donors (Lipinski definition) is 0. The summed E-state index contributed by atoms with van der Waals surface area (Å²) in [5.41, 5.74) is 2.28. The maximum Gasteiger partial charge on any atom is 0.158 e. The van der Waals surface area contributed by atoms with Crippen molar-refractivity contribution in [3.63, 3.8) is 0 Å². The summed E-state index contributed by atoms with van der Waals surface area (Å²) in [5.74, 6) is 2.01. The van der Waals surface area contributed by atoms with Gasteiger partial charge in [-0.15, -0.1) is 0 Å². The zero-order valence-corrected chi connectivity index (χ0v) is 11.4. The molecule has 0 amide bonds. The fourth-order valence-corrected chi connectivity index (χ4v) is 2.47. The molecule has 0 aliphatic carbocycles. The van der Waals surface area contributed by atoms with Crippen LogP contribution in [0.5, 0.6) is 0 Å². The summed E-state index contributed by atoms with van der Waals surface area (Å²) in [7, 11) is 2.07. The molecule has 3 rings (SSSR count). The van der Waals surface area contributed by atoms with E-state index in [1.54, 1.807) is 0 Å². The summed E-state index contributed by atoms with van der Waals surface area (Å²) < 4.78 is 0. The Kier molecular flexibility index (Phi) is 3.07. The molecule has 98 valence electrons. The van der Waals surface area contributed by atoms with E-state index in [4.69, 9.17) is 0 Å². The van der Waals surface area contributed by atoms with Crippen molar-refractivity contribution in [1.82, 2.24) is 9.97 Å². The second kappa shape index (κ2) is 4.88. The maximum absolute atomic E-state index is 4.55. The molecule has 0 saturated carbocycles. The quantitative estimate of drug-likeness (QED) is 0.839. The first-order valence-corrected chi connectivity index (χ1v) is 6.74. The van der Waals surface area contributed by atoms with Gasteiger partial charge in [-0.1, -0.05) is 13.3 Å². The van der Waals surface area contributed by atoms with Crippen molar-refractivity contribution in [2.75, 3.05) is 23.4 Å². The van der Waals surface area contributed by atoms with E-state index in [0.29, 0.717) is 0 Å². The first-order chi connectivity index (χ1) is 9.33. The van der Waals surface area contributed by atoms with Gasteiger partial charge in [0, 0.05) is 26.0 Å². The van der Waals surface area contributed by atoms with Crippen molar-refractivity contribution >= 4 is 23.0 Å². The van der Waals surface area contributed by atoms with Crippen LogP contribution in [0.15, 0.2) is 36.7 Å². The Hall–Kier alpha value is -2.10. The maximum atomic E-state index is 4.55. The molecule has 2 aromatic rings. The number of unbranched alkanes of at least 4 members (excludes halogenated alkanes) is 1. The zero-order chi connectivity index (χ0) is 13.2. The molecule has 0 aromatic carbocycles. The Labute approximate surface area is 113 Å². The molecule has 0 N–H and O–H groups in total. The van der Waals surface area contributed by atoms with Crippen molar-refractivity contribution in [1.29, 1.82) is 0 Å². The van der Waals surface area contributed by atoms with Crippen molar-refractivity contribution in [3.05, 3.63) is 36.7 Å². The van der Waals surface area contributed by atoms with Crippen LogP contribution in [0.3, 0.4) is 0 Å². The van der Waals surface area contributed by atoms with E-state index in [1.165, 1.54) is 0 Å². The third-order valence-corrected chi connectivity index (χ3v) is 3.50. The van der Waals surface area contributed by atoms with E-state index in [-0.39, 0.29) is 0 Å². The normalized spacial score (nSPS) is 13.2. The van der Waals surface area contributed by atoms with E-state index in [0.717, 1.165) is 42.4 Å². The Morgan fingerprint density at radius 1 is 1.00 bits per heavy atom. The molecule has 19 heavy (non-hydrogen) atoms. The van der Waals surface area contributed by atoms with Gasteiger partial charge in [0.15, 0.2) is 11.6 Å². The van der Waals surface area contributed by atoms with E-state index in [1.807, 2.05) is 24.5 Å². The summed E-state index contributed by atoms with van der Waals surface area (Å²) >= 11 is 0. The van der Waals surface area contributed by atoms with Crippen LogP contribution < -0.4 is 9.80 Å². The van der Waals surface area contributed by atoms with Gasteiger partial charge >= 0.3 is 0 Å². The largest absolute Gasteiger partial charge is 0.339 e. The van der Waals surface area contributed by atoms with Crippen molar-refractivity contribution in [3.8, 4) is 0 Å². The van der Waals surface area contributed by atoms with Gasteiger partial charge in [-0.05, 0) is 30.7 Å². The number of pyridine rings is 2. The van der Waals surface area contributed by atoms with Gasteiger partial charge < -0.3 is 9.80 Å². The number of fused-ring (bicyclic) bond motifs is 2. The van der Waals surface area contributed by atoms with E-state index in [9.17, 15) is 0 Å². The van der Waals surface area contributed by atoms with Crippen molar-refractivity contribution in [2.45, 2.75) is 19.8 Å². The molecule has 0 fully saturated rings. The molecule has 0 radical (unpaired) electrons. The minimum Gasteiger partial charge on any atom is -0.339 e. The number of anilines is 4. The highest BCUT2D eigenvalue weighted by Gasteiger charge is 2.27. The predicted molar refractivity (Wildman–Crippen MR) is 78.5 cm³/mol. The van der Waals surface area contributed by atoms with Crippen LogP contribution in [0, 0.1) is 0 Å². The predicted octanol–water partition coefficient (Wildman–Crippen LogP) is 3.50. The molecule has 3 heterocycles. The SMILES string of the molecule is CCCCN1c2ncccc2N(C)c2cccnc21. The lowest BCUT2D eigenvalue weighted by Gasteiger charge is -2.36. The minimum absolute atomic E-state index is 0.957. The molecule has 1 aliphatic heterocycles. The van der Waals surface area contributed by atoms with Crippen LogP contribution >= 0.6 is 0 Å². The highest BCUT2D eigenvalue weighted by Crippen LogP contribution is 2.44. The fraction of sp³-hybridized carbons (Fsp3) is 0.333. The minimum atomic E-state index is 0.957. The lowest BCUT2D eigenvalue weighted by Crippen LogP contribution is -2.29. The van der Waals surface area contributed by atoms with Crippen LogP contribution in [0.2, 0.25) is 0 Å². The monoisotopic (exact) mass is 254 g/mol. The van der Waals surface area contributed by atoms with Gasteiger partial charge in [-0.2, -0.15) is 0 Å². The van der Waals surface area contributed by atoms with Crippen LogP contribution in [0.1, 0.15) is 19.8 Å². The summed E-state index contributed by atoms with van der Waals surface area (Å²) in [6.07, 6.45) is 5.99. The molecule has 0 unspecified atom stereocenters. The third kappa shape index (κ3) is 1.93. The number of rotatable bonds is 3. The highest BCUT2D eigenvalue weighted by molar-refractivity contribution is 5.88. The molecule has 0 bridgehead atoms. The fourth-order valence-electron chi connectivity index (χ4n) is 2.47. The molecule has 0 atom stereocenters. The molecule has 4 nitrogen and oxygen atoms in total. The Bertz CT molecular complexity index is 534. The molecular weight excluding hydrogens is 236 g/mol. The molecular formula is C15H18N4. The smallest absolute Gasteiger partial charge is 0.158 e. The van der Waals surface area contributed by atoms with E-state index >= 15 is 0 Å². The summed E-state index contributed by atoms with van der Waals surface area (Å²) in [4.78, 5) is 13.5. The van der Waals surface area contributed by atoms with Gasteiger partial charge in [0.2, 0.25) is 0 Å². The summed E-state index contributed by atoms with van der Waals surface area (Å²) in [5, 5.41) is 0. The van der Waals surface area contributed by atoms with Crippen LogP contribution in [0.4, 0.5) is 23.0 Å². The van der Waals surface area contributed by atoms with E-state index in [2.05, 4.69) is 45.9 Å². The number of aromatic nitrogens is 2. The Balaban J connectivity index is 2.12. The summed E-state index contributed by atoms with van der Waals surface area (Å²) in [6, 6.07) is 8.18. The average Bonchev–Trinajstić information content (AvgIpc) is 2.47. The molecule has 0 saturated heterocycles. The lowest BCUT2D eigenvalue weighted by molar-refractivity contribution is 0.768. The van der Waals surface area contributed by atoms with Gasteiger partial charge in [0.25, 0.3) is 0 Å². The van der Waals surface area contributed by atoms with E-state index < -0.39 is 0 Å². The highest BCUT2D eigenvalue weighted by atomic mass is 15.3. The topological polar surface area (TPSA) is 32.3 Å². The second-order valence-electron chi connectivity index (χ2n) is 4.76. The van der Waals surface area contributed by atoms with Crippen molar-refractivity contribution in [2.24, 2.45) is 0 Å². The van der Waals surface area contributed by atoms with Gasteiger partial charge in [0.1, 0.15) is 0 Å². The number of nitrogens with zero attached hydrogens (tertiary/aromatic N) is 4. The second-order valence-corrected chi connectivity index (χ2v) is 4.76. The first kappa shape index (κ1) is 12.0. The van der Waals surface area contributed by atoms with Crippen LogP contribution in [-0.4, -0.2) is 23.6 Å². The zero-order valence-electron chi connectivity index (χ0n) is 11.4. The van der Waals surface area contributed by atoms with Crippen molar-refractivity contribution < 1.29 is 0 Å². The van der Waals surface area contributed by atoms with Gasteiger partial charge in [0.05, 0.1) is 11.4 Å². The van der Waals surface area contributed by atoms with Crippen LogP contribution in [-0.2, 0) is 0 Å². The Morgan fingerprint density at radius 2 is 1.58 bits per heavy atom. The Morgan fingerprint density at radius 3 is 2.11 bits per heavy atom. The lowest BCUT2D eigenvalue weighted by atomic mass is 10.2. The standard InChI is InChI=1S/C15H18N4/c1-3-4-11-19-14-12(7-5-9-16-14)18(2)13-8-6-10-17-15(13)19/h5-10H,3-4,11H2,1-2H3. The third-order valence-electron chi connectivity index (χ3n) is 3.50. The first-order valence-electron chi connectivity index (χ1n) is 6.74. The molecule has 0 spiro atoms. The molecule has 1 aliphatic rings. The van der Waals surface area contributed by atoms with Crippen LogP contribution in [0.25, 0.3) is 0 Å². The molecule has 4 heteroatoms. The molecule has 2 aromatic heterocycles. The average molecular weight is 254 g/mol. The summed E-state index contributed by atoms with van der Waals surface area (Å²) in [6.45, 7) is 3.16.